The van der Waals surface area contributed by atoms with Crippen LogP contribution >= 0.6 is 0 Å². The van der Waals surface area contributed by atoms with Crippen LogP contribution in [-0.4, -0.2) is 24.3 Å². The first-order valence-electron chi connectivity index (χ1n) is 9.31. The number of hydrogen-bond donors (Lipinski definition) is 0. The molecule has 132 valence electrons. The molecule has 0 aromatic heterocycles. The normalized spacial score (nSPS) is 24.5. The molecule has 1 saturated heterocycles. The fourth-order valence-corrected chi connectivity index (χ4v) is 4.58. The summed E-state index contributed by atoms with van der Waals surface area (Å²) in [5, 5.41) is 13.5. The maximum Gasteiger partial charge on any atom is 0.0940 e. The Bertz CT molecular complexity index is 804. The van der Waals surface area contributed by atoms with Crippen LogP contribution in [0.3, 0.4) is 0 Å². The first-order chi connectivity index (χ1) is 12.6. The van der Waals surface area contributed by atoms with E-state index in [-0.39, 0.29) is 16.1 Å². The number of likely N-dealkylation sites (tertiary alicyclic amines) is 1. The molecule has 2 nitrogen and oxygen atoms in total. The van der Waals surface area contributed by atoms with Gasteiger partial charge in [-0.25, -0.2) is 0 Å². The molecule has 0 N–H and O–H groups in total. The summed E-state index contributed by atoms with van der Waals surface area (Å²) in [6, 6.07) is 31.6. The van der Waals surface area contributed by atoms with E-state index < -0.39 is 0 Å². The average Bonchev–Trinajstić information content (AvgIpc) is 2.96. The number of rotatable bonds is 4. The molecule has 0 amide bonds. The molecule has 1 fully saturated rings. The van der Waals surface area contributed by atoms with Gasteiger partial charge in [0.05, 0.1) is 25.0 Å². The standard InChI is InChI=1S/C24H25NO/c1-25(26)19-24(21-13-7-3-8-14-21,22-15-9-4-10-16-22)18-23(25)17-20-11-5-2-6-12-20/h2-16,23H,17-19H2,1H3/t23-,25?/m1/s1. The van der Waals surface area contributed by atoms with Crippen LogP contribution in [0.4, 0.5) is 0 Å². The van der Waals surface area contributed by atoms with Crippen molar-refractivity contribution in [2.24, 2.45) is 0 Å². The van der Waals surface area contributed by atoms with Crippen molar-refractivity contribution in [1.82, 2.24) is 0 Å². The lowest BCUT2D eigenvalue weighted by atomic mass is 9.72. The minimum absolute atomic E-state index is 0.0535. The van der Waals surface area contributed by atoms with E-state index in [2.05, 4.69) is 72.8 Å². The van der Waals surface area contributed by atoms with Crippen molar-refractivity contribution in [2.75, 3.05) is 13.6 Å². The average molecular weight is 343 g/mol. The number of benzene rings is 3. The summed E-state index contributed by atoms with van der Waals surface area (Å²) in [5.74, 6) is 0. The number of nitrogens with zero attached hydrogens (tertiary/aromatic N) is 1. The molecule has 0 bridgehead atoms. The second kappa shape index (κ2) is 6.71. The topological polar surface area (TPSA) is 23.1 Å². The molecule has 0 aliphatic carbocycles. The molecular weight excluding hydrogens is 318 g/mol. The molecule has 1 aliphatic heterocycles. The lowest BCUT2D eigenvalue weighted by Crippen LogP contribution is -2.45. The Balaban J connectivity index is 1.76. The van der Waals surface area contributed by atoms with Crippen molar-refractivity contribution in [1.29, 1.82) is 0 Å². The van der Waals surface area contributed by atoms with Gasteiger partial charge in [0.15, 0.2) is 0 Å². The summed E-state index contributed by atoms with van der Waals surface area (Å²) in [7, 11) is 1.85. The Morgan fingerprint density at radius 1 is 0.808 bits per heavy atom. The molecule has 1 unspecified atom stereocenters. The number of hydrogen-bond acceptors (Lipinski definition) is 1. The van der Waals surface area contributed by atoms with Crippen molar-refractivity contribution in [3.05, 3.63) is 113 Å². The van der Waals surface area contributed by atoms with Gasteiger partial charge in [0, 0.05) is 12.8 Å². The van der Waals surface area contributed by atoms with Gasteiger partial charge in [-0.2, -0.15) is 0 Å². The molecule has 0 radical (unpaired) electrons. The maximum atomic E-state index is 13.5. The summed E-state index contributed by atoms with van der Waals surface area (Å²) in [6.45, 7) is 0.582. The van der Waals surface area contributed by atoms with Gasteiger partial charge in [-0.05, 0) is 16.7 Å². The zero-order chi connectivity index (χ0) is 18.0. The fraction of sp³-hybridized carbons (Fsp3) is 0.250. The predicted molar refractivity (Wildman–Crippen MR) is 107 cm³/mol. The molecule has 3 aromatic carbocycles. The van der Waals surface area contributed by atoms with Gasteiger partial charge in [-0.1, -0.05) is 91.0 Å². The van der Waals surface area contributed by atoms with Crippen LogP contribution in [0.15, 0.2) is 91.0 Å². The van der Waals surface area contributed by atoms with E-state index in [0.29, 0.717) is 6.54 Å². The predicted octanol–water partition coefficient (Wildman–Crippen LogP) is 4.93. The Kier molecular flexibility index (Phi) is 4.39. The van der Waals surface area contributed by atoms with Gasteiger partial charge < -0.3 is 9.85 Å². The molecule has 4 rings (SSSR count). The van der Waals surface area contributed by atoms with Crippen LogP contribution in [-0.2, 0) is 11.8 Å². The lowest BCUT2D eigenvalue weighted by molar-refractivity contribution is -0.874. The first-order valence-corrected chi connectivity index (χ1v) is 9.31. The van der Waals surface area contributed by atoms with Crippen LogP contribution < -0.4 is 0 Å². The summed E-state index contributed by atoms with van der Waals surface area (Å²) >= 11 is 0. The van der Waals surface area contributed by atoms with Crippen LogP contribution in [0.5, 0.6) is 0 Å². The fourth-order valence-electron chi connectivity index (χ4n) is 4.58. The third-order valence-corrected chi connectivity index (χ3v) is 5.91. The molecule has 1 aliphatic rings. The van der Waals surface area contributed by atoms with E-state index in [9.17, 15) is 5.21 Å². The first kappa shape index (κ1) is 17.0. The number of quaternary nitrogens is 1. The van der Waals surface area contributed by atoms with Crippen LogP contribution in [0, 0.1) is 5.21 Å². The Morgan fingerprint density at radius 2 is 1.27 bits per heavy atom. The highest BCUT2D eigenvalue weighted by Gasteiger charge is 2.51. The van der Waals surface area contributed by atoms with Gasteiger partial charge >= 0.3 is 0 Å². The van der Waals surface area contributed by atoms with Crippen molar-refractivity contribution in [2.45, 2.75) is 24.3 Å². The molecule has 2 heteroatoms. The van der Waals surface area contributed by atoms with Gasteiger partial charge in [0.1, 0.15) is 0 Å². The van der Waals surface area contributed by atoms with E-state index in [1.165, 1.54) is 16.7 Å². The summed E-state index contributed by atoms with van der Waals surface area (Å²) in [4.78, 5) is 0. The van der Waals surface area contributed by atoms with Gasteiger partial charge in [0.25, 0.3) is 0 Å². The molecule has 0 saturated carbocycles. The molecule has 3 aromatic rings. The summed E-state index contributed by atoms with van der Waals surface area (Å²) < 4.78 is -0.196. The van der Waals surface area contributed by atoms with Crippen LogP contribution in [0.2, 0.25) is 0 Å². The van der Waals surface area contributed by atoms with Crippen LogP contribution in [0.25, 0.3) is 0 Å². The zero-order valence-corrected chi connectivity index (χ0v) is 15.2. The van der Waals surface area contributed by atoms with Crippen molar-refractivity contribution < 1.29 is 4.65 Å². The SMILES string of the molecule is C[N+]1([O-])CC(c2ccccc2)(c2ccccc2)C[C@H]1Cc1ccccc1. The molecular formula is C24H25NO. The minimum Gasteiger partial charge on any atom is -0.633 e. The van der Waals surface area contributed by atoms with E-state index in [1.807, 2.05) is 25.2 Å². The van der Waals surface area contributed by atoms with Crippen molar-refractivity contribution >= 4 is 0 Å². The quantitative estimate of drug-likeness (QED) is 0.486. The van der Waals surface area contributed by atoms with Gasteiger partial charge in [-0.3, -0.25) is 0 Å². The second-order valence-corrected chi connectivity index (χ2v) is 7.69. The molecule has 0 spiro atoms. The van der Waals surface area contributed by atoms with E-state index in [4.69, 9.17) is 0 Å². The van der Waals surface area contributed by atoms with Crippen molar-refractivity contribution in [3.8, 4) is 0 Å². The molecule has 26 heavy (non-hydrogen) atoms. The highest BCUT2D eigenvalue weighted by Crippen LogP contribution is 2.46. The van der Waals surface area contributed by atoms with E-state index in [0.717, 1.165) is 12.8 Å². The minimum atomic E-state index is -0.224. The van der Waals surface area contributed by atoms with Crippen molar-refractivity contribution in [3.63, 3.8) is 0 Å². The summed E-state index contributed by atoms with van der Waals surface area (Å²) in [5.41, 5.74) is 3.52. The largest absolute Gasteiger partial charge is 0.633 e. The van der Waals surface area contributed by atoms with Crippen LogP contribution in [0.1, 0.15) is 23.1 Å². The summed E-state index contributed by atoms with van der Waals surface area (Å²) in [6.07, 6.45) is 1.69. The monoisotopic (exact) mass is 343 g/mol. The number of hydroxylamine groups is 3. The third kappa shape index (κ3) is 3.07. The Hall–Kier alpha value is -2.42. The third-order valence-electron chi connectivity index (χ3n) is 5.91. The van der Waals surface area contributed by atoms with E-state index in [1.54, 1.807) is 0 Å². The van der Waals surface area contributed by atoms with Gasteiger partial charge in [-0.15, -0.1) is 0 Å². The maximum absolute atomic E-state index is 13.5. The second-order valence-electron chi connectivity index (χ2n) is 7.69. The highest BCUT2D eigenvalue weighted by molar-refractivity contribution is 5.41. The smallest absolute Gasteiger partial charge is 0.0940 e. The molecule has 1 heterocycles. The highest BCUT2D eigenvalue weighted by atomic mass is 16.5. The Morgan fingerprint density at radius 3 is 1.77 bits per heavy atom. The van der Waals surface area contributed by atoms with Gasteiger partial charge in [0.2, 0.25) is 0 Å². The van der Waals surface area contributed by atoms with E-state index >= 15 is 0 Å². The Labute approximate surface area is 155 Å². The molecule has 2 atom stereocenters. The zero-order valence-electron chi connectivity index (χ0n) is 15.2. The lowest BCUT2D eigenvalue weighted by Gasteiger charge is -2.41. The number of likely N-dealkylation sites (N-methyl/N-ethyl adjacent to an activating group) is 1.